The first-order chi connectivity index (χ1) is 8.25. The summed E-state index contributed by atoms with van der Waals surface area (Å²) in [5.74, 6) is -0.0872. The minimum absolute atomic E-state index is 0.145. The van der Waals surface area contributed by atoms with Crippen LogP contribution in [0.1, 0.15) is 16.1 Å². The highest BCUT2D eigenvalue weighted by Gasteiger charge is 2.05. The van der Waals surface area contributed by atoms with Gasteiger partial charge in [-0.2, -0.15) is 5.10 Å². The number of hydrogen-bond donors (Lipinski definition) is 2. The smallest absolute Gasteiger partial charge is 0.307 e. The Labute approximate surface area is 97.4 Å². The topological polar surface area (TPSA) is 74.8 Å². The van der Waals surface area contributed by atoms with E-state index in [1.54, 1.807) is 30.3 Å². The summed E-state index contributed by atoms with van der Waals surface area (Å²) in [7, 11) is 0. The molecular weight excluding hydrogens is 220 g/mol. The lowest BCUT2D eigenvalue weighted by molar-refractivity contribution is 0.0927. The molecule has 1 amide bonds. The molecule has 86 valence electrons. The first-order valence-corrected chi connectivity index (χ1v) is 4.91. The first kappa shape index (κ1) is 10.9. The highest BCUT2D eigenvalue weighted by atomic mass is 16.3. The molecular formula is C12H10N2O3. The van der Waals surface area contributed by atoms with Crippen molar-refractivity contribution in [1.29, 1.82) is 0 Å². The molecule has 0 bridgehead atoms. The highest BCUT2D eigenvalue weighted by Crippen LogP contribution is 2.08. The summed E-state index contributed by atoms with van der Waals surface area (Å²) in [6.45, 7) is 0. The Hall–Kier alpha value is -2.56. The third-order valence-corrected chi connectivity index (χ3v) is 1.99. The van der Waals surface area contributed by atoms with E-state index < -0.39 is 5.91 Å². The van der Waals surface area contributed by atoms with Crippen LogP contribution in [0.3, 0.4) is 0 Å². The molecule has 0 radical (unpaired) electrons. The normalized spacial score (nSPS) is 10.6. The third kappa shape index (κ3) is 2.94. The average molecular weight is 230 g/mol. The molecule has 17 heavy (non-hydrogen) atoms. The monoisotopic (exact) mass is 230 g/mol. The van der Waals surface area contributed by atoms with E-state index in [2.05, 4.69) is 10.5 Å². The van der Waals surface area contributed by atoms with Crippen molar-refractivity contribution in [3.05, 3.63) is 54.0 Å². The summed E-state index contributed by atoms with van der Waals surface area (Å²) >= 11 is 0. The van der Waals surface area contributed by atoms with Gasteiger partial charge >= 0.3 is 5.91 Å². The number of amides is 1. The van der Waals surface area contributed by atoms with E-state index in [1.165, 1.54) is 18.5 Å². The van der Waals surface area contributed by atoms with Gasteiger partial charge in [0.05, 0.1) is 12.5 Å². The van der Waals surface area contributed by atoms with Gasteiger partial charge in [-0.05, 0) is 29.8 Å². The lowest BCUT2D eigenvalue weighted by Gasteiger charge is -1.96. The molecule has 0 atom stereocenters. The number of rotatable bonds is 3. The Balaban J connectivity index is 1.96. The summed E-state index contributed by atoms with van der Waals surface area (Å²) in [5.41, 5.74) is 2.99. The summed E-state index contributed by atoms with van der Waals surface area (Å²) in [6.07, 6.45) is 2.84. The first-order valence-electron chi connectivity index (χ1n) is 4.91. The molecule has 2 rings (SSSR count). The van der Waals surface area contributed by atoms with Crippen molar-refractivity contribution in [1.82, 2.24) is 5.43 Å². The zero-order valence-electron chi connectivity index (χ0n) is 8.83. The Kier molecular flexibility index (Phi) is 3.20. The van der Waals surface area contributed by atoms with Crippen LogP contribution in [-0.4, -0.2) is 17.2 Å². The molecule has 0 saturated heterocycles. The molecule has 1 aromatic heterocycles. The molecule has 2 aromatic rings. The van der Waals surface area contributed by atoms with Crippen molar-refractivity contribution in [2.45, 2.75) is 0 Å². The summed E-state index contributed by atoms with van der Waals surface area (Å²) in [6, 6.07) is 9.68. The second-order valence-corrected chi connectivity index (χ2v) is 3.27. The molecule has 1 aromatic carbocycles. The van der Waals surface area contributed by atoms with Crippen LogP contribution in [0.25, 0.3) is 0 Å². The number of phenols is 1. The van der Waals surface area contributed by atoms with Crippen molar-refractivity contribution in [2.24, 2.45) is 5.10 Å². The van der Waals surface area contributed by atoms with Crippen molar-refractivity contribution in [3.63, 3.8) is 0 Å². The quantitative estimate of drug-likeness (QED) is 0.623. The van der Waals surface area contributed by atoms with Gasteiger partial charge in [0.1, 0.15) is 5.75 Å². The molecule has 0 spiro atoms. The number of carbonyl (C=O) groups is 1. The van der Waals surface area contributed by atoms with Crippen LogP contribution in [0.15, 0.2) is 52.2 Å². The fourth-order valence-electron chi connectivity index (χ4n) is 1.23. The largest absolute Gasteiger partial charge is 0.508 e. The number of furan rings is 1. The van der Waals surface area contributed by atoms with E-state index in [0.29, 0.717) is 5.56 Å². The number of hydrazone groups is 1. The Morgan fingerprint density at radius 3 is 2.94 bits per heavy atom. The second kappa shape index (κ2) is 4.98. The predicted molar refractivity (Wildman–Crippen MR) is 61.9 cm³/mol. The van der Waals surface area contributed by atoms with Gasteiger partial charge in [0.25, 0.3) is 0 Å². The van der Waals surface area contributed by atoms with Crippen molar-refractivity contribution in [3.8, 4) is 5.75 Å². The van der Waals surface area contributed by atoms with E-state index in [0.717, 1.165) is 0 Å². The lowest BCUT2D eigenvalue weighted by atomic mass is 10.2. The molecule has 0 fully saturated rings. The van der Waals surface area contributed by atoms with Crippen LogP contribution in [0, 0.1) is 0 Å². The van der Waals surface area contributed by atoms with Gasteiger partial charge in [0, 0.05) is 0 Å². The van der Waals surface area contributed by atoms with E-state index in [1.807, 2.05) is 0 Å². The van der Waals surface area contributed by atoms with Crippen LogP contribution in [-0.2, 0) is 0 Å². The number of aromatic hydroxyl groups is 1. The number of nitrogens with one attached hydrogen (secondary N) is 1. The van der Waals surface area contributed by atoms with Gasteiger partial charge < -0.3 is 9.52 Å². The standard InChI is InChI=1S/C12H10N2O3/c15-10-4-1-3-9(7-10)8-13-14-12(16)11-5-2-6-17-11/h1-8,15H,(H,14,16)/b13-8-. The van der Waals surface area contributed by atoms with E-state index >= 15 is 0 Å². The van der Waals surface area contributed by atoms with Crippen LogP contribution in [0.5, 0.6) is 5.75 Å². The fraction of sp³-hybridized carbons (Fsp3) is 0. The van der Waals surface area contributed by atoms with Crippen molar-refractivity contribution < 1.29 is 14.3 Å². The van der Waals surface area contributed by atoms with Crippen LogP contribution < -0.4 is 5.43 Å². The molecule has 5 nitrogen and oxygen atoms in total. The fourth-order valence-corrected chi connectivity index (χ4v) is 1.23. The number of hydrogen-bond acceptors (Lipinski definition) is 4. The summed E-state index contributed by atoms with van der Waals surface area (Å²) in [4.78, 5) is 11.4. The Bertz CT molecular complexity index is 532. The van der Waals surface area contributed by atoms with Gasteiger partial charge in [0.2, 0.25) is 0 Å². The molecule has 5 heteroatoms. The molecule has 2 N–H and O–H groups in total. The van der Waals surface area contributed by atoms with Crippen molar-refractivity contribution in [2.75, 3.05) is 0 Å². The predicted octanol–water partition coefficient (Wildman–Crippen LogP) is 1.75. The number of carbonyl (C=O) groups excluding carboxylic acids is 1. The van der Waals surface area contributed by atoms with Gasteiger partial charge in [0.15, 0.2) is 5.76 Å². The maximum atomic E-state index is 11.4. The van der Waals surface area contributed by atoms with Crippen LogP contribution >= 0.6 is 0 Å². The zero-order chi connectivity index (χ0) is 12.1. The molecule has 1 heterocycles. The summed E-state index contributed by atoms with van der Waals surface area (Å²) in [5, 5.41) is 13.0. The maximum absolute atomic E-state index is 11.4. The Morgan fingerprint density at radius 1 is 1.35 bits per heavy atom. The molecule has 0 aliphatic carbocycles. The van der Waals surface area contributed by atoms with Gasteiger partial charge in [-0.15, -0.1) is 0 Å². The summed E-state index contributed by atoms with van der Waals surface area (Å²) < 4.78 is 4.89. The minimum atomic E-state index is -0.425. The van der Waals surface area contributed by atoms with E-state index in [9.17, 15) is 9.90 Å². The number of benzene rings is 1. The van der Waals surface area contributed by atoms with Gasteiger partial charge in [-0.1, -0.05) is 12.1 Å². The molecule has 0 unspecified atom stereocenters. The highest BCUT2D eigenvalue weighted by molar-refractivity contribution is 5.92. The van der Waals surface area contributed by atoms with Gasteiger partial charge in [-0.3, -0.25) is 4.79 Å². The van der Waals surface area contributed by atoms with E-state index in [4.69, 9.17) is 4.42 Å². The maximum Gasteiger partial charge on any atom is 0.307 e. The van der Waals surface area contributed by atoms with Crippen molar-refractivity contribution >= 4 is 12.1 Å². The van der Waals surface area contributed by atoms with Crippen LogP contribution in [0.4, 0.5) is 0 Å². The minimum Gasteiger partial charge on any atom is -0.508 e. The van der Waals surface area contributed by atoms with E-state index in [-0.39, 0.29) is 11.5 Å². The molecule has 0 aliphatic rings. The SMILES string of the molecule is O=C(N/N=C\c1cccc(O)c1)c1ccco1. The second-order valence-electron chi connectivity index (χ2n) is 3.27. The average Bonchev–Trinajstić information content (AvgIpc) is 2.82. The van der Waals surface area contributed by atoms with Gasteiger partial charge in [-0.25, -0.2) is 5.43 Å². The number of nitrogens with zero attached hydrogens (tertiary/aromatic N) is 1. The molecule has 0 aliphatic heterocycles. The number of phenolic OH excluding ortho intramolecular Hbond substituents is 1. The third-order valence-electron chi connectivity index (χ3n) is 1.99. The zero-order valence-corrected chi connectivity index (χ0v) is 8.83. The molecule has 0 saturated carbocycles. The Morgan fingerprint density at radius 2 is 2.24 bits per heavy atom. The van der Waals surface area contributed by atoms with Crippen LogP contribution in [0.2, 0.25) is 0 Å². The lowest BCUT2D eigenvalue weighted by Crippen LogP contribution is -2.16.